The minimum Gasteiger partial charge on any atom is -0.497 e. The van der Waals surface area contributed by atoms with E-state index >= 15 is 0 Å². The van der Waals surface area contributed by atoms with Crippen LogP contribution in [0.2, 0.25) is 0 Å². The first-order valence-electron chi connectivity index (χ1n) is 10.1. The summed E-state index contributed by atoms with van der Waals surface area (Å²) in [6.07, 6.45) is 4.86. The molecule has 0 aliphatic carbocycles. The summed E-state index contributed by atoms with van der Waals surface area (Å²) in [6.45, 7) is 5.90. The van der Waals surface area contributed by atoms with Gasteiger partial charge >= 0.3 is 0 Å². The van der Waals surface area contributed by atoms with Crippen molar-refractivity contribution < 1.29 is 4.74 Å². The SMILES string of the molecule is CN=C(NCCc1cnn(C)c1)N(C)Cc1cc(C)n(-c2ccc(OC)cc2)c1C. The van der Waals surface area contributed by atoms with Gasteiger partial charge in [0.05, 0.1) is 13.3 Å². The number of aliphatic imine (C=N–C) groups is 1. The summed E-state index contributed by atoms with van der Waals surface area (Å²) < 4.78 is 9.39. The molecule has 0 unspecified atom stereocenters. The number of ether oxygens (including phenoxy) is 1. The summed E-state index contributed by atoms with van der Waals surface area (Å²) in [5.74, 6) is 1.75. The highest BCUT2D eigenvalue weighted by Gasteiger charge is 2.14. The predicted molar refractivity (Wildman–Crippen MR) is 122 cm³/mol. The molecule has 30 heavy (non-hydrogen) atoms. The maximum absolute atomic E-state index is 5.28. The molecule has 0 spiro atoms. The fraction of sp³-hybridized carbons (Fsp3) is 0.391. The van der Waals surface area contributed by atoms with Crippen molar-refractivity contribution in [2.75, 3.05) is 27.7 Å². The third-order valence-electron chi connectivity index (χ3n) is 5.30. The van der Waals surface area contributed by atoms with Crippen molar-refractivity contribution in [2.24, 2.45) is 12.0 Å². The Balaban J connectivity index is 1.66. The molecule has 0 aliphatic rings. The van der Waals surface area contributed by atoms with Crippen LogP contribution >= 0.6 is 0 Å². The minimum absolute atomic E-state index is 0.780. The Hall–Kier alpha value is -3.22. The number of nitrogens with one attached hydrogen (secondary N) is 1. The van der Waals surface area contributed by atoms with E-state index in [9.17, 15) is 0 Å². The van der Waals surface area contributed by atoms with Gasteiger partial charge in [0.1, 0.15) is 5.75 Å². The highest BCUT2D eigenvalue weighted by Crippen LogP contribution is 2.23. The highest BCUT2D eigenvalue weighted by atomic mass is 16.5. The number of aryl methyl sites for hydroxylation is 2. The van der Waals surface area contributed by atoms with Crippen LogP contribution in [0.25, 0.3) is 5.69 Å². The molecule has 160 valence electrons. The third-order valence-corrected chi connectivity index (χ3v) is 5.30. The molecule has 0 saturated carbocycles. The molecular weight excluding hydrogens is 376 g/mol. The van der Waals surface area contributed by atoms with Gasteiger partial charge in [-0.15, -0.1) is 0 Å². The van der Waals surface area contributed by atoms with Crippen LogP contribution in [0.15, 0.2) is 47.7 Å². The first kappa shape index (κ1) is 21.5. The molecule has 0 aliphatic heterocycles. The molecule has 2 aromatic heterocycles. The van der Waals surface area contributed by atoms with Crippen LogP contribution in [0.3, 0.4) is 0 Å². The Kier molecular flexibility index (Phi) is 6.82. The first-order valence-corrected chi connectivity index (χ1v) is 10.1. The van der Waals surface area contributed by atoms with Crippen LogP contribution in [0, 0.1) is 13.8 Å². The van der Waals surface area contributed by atoms with E-state index in [2.05, 4.69) is 64.0 Å². The molecule has 3 rings (SSSR count). The largest absolute Gasteiger partial charge is 0.497 e. The van der Waals surface area contributed by atoms with E-state index < -0.39 is 0 Å². The number of methoxy groups -OCH3 is 1. The average Bonchev–Trinajstić information content (AvgIpc) is 3.27. The summed E-state index contributed by atoms with van der Waals surface area (Å²) in [4.78, 5) is 6.60. The van der Waals surface area contributed by atoms with Crippen molar-refractivity contribution in [3.63, 3.8) is 0 Å². The third kappa shape index (κ3) is 4.84. The van der Waals surface area contributed by atoms with E-state index in [0.717, 1.165) is 36.9 Å². The fourth-order valence-corrected chi connectivity index (χ4v) is 3.75. The molecule has 3 aromatic rings. The van der Waals surface area contributed by atoms with Crippen molar-refractivity contribution in [3.8, 4) is 11.4 Å². The quantitative estimate of drug-likeness (QED) is 0.482. The fourth-order valence-electron chi connectivity index (χ4n) is 3.75. The maximum Gasteiger partial charge on any atom is 0.193 e. The number of hydrogen-bond donors (Lipinski definition) is 1. The molecule has 0 fully saturated rings. The lowest BCUT2D eigenvalue weighted by Crippen LogP contribution is -2.39. The molecular formula is C23H32N6O. The molecule has 0 radical (unpaired) electrons. The molecule has 7 heteroatoms. The van der Waals surface area contributed by atoms with Crippen LogP contribution in [0.1, 0.15) is 22.5 Å². The van der Waals surface area contributed by atoms with Crippen molar-refractivity contribution in [2.45, 2.75) is 26.8 Å². The minimum atomic E-state index is 0.780. The van der Waals surface area contributed by atoms with E-state index in [1.165, 1.54) is 22.5 Å². The van der Waals surface area contributed by atoms with Crippen LogP contribution in [-0.4, -0.2) is 53.0 Å². The molecule has 0 atom stereocenters. The average molecular weight is 409 g/mol. The van der Waals surface area contributed by atoms with Gasteiger partial charge in [-0.3, -0.25) is 9.67 Å². The number of hydrogen-bond acceptors (Lipinski definition) is 3. The van der Waals surface area contributed by atoms with Crippen molar-refractivity contribution in [1.29, 1.82) is 0 Å². The summed E-state index contributed by atoms with van der Waals surface area (Å²) in [5, 5.41) is 7.67. The molecule has 0 saturated heterocycles. The van der Waals surface area contributed by atoms with E-state index in [-0.39, 0.29) is 0 Å². The molecule has 0 bridgehead atoms. The lowest BCUT2D eigenvalue weighted by molar-refractivity contribution is 0.414. The Morgan fingerprint density at radius 2 is 1.97 bits per heavy atom. The van der Waals surface area contributed by atoms with Gasteiger partial charge in [0.2, 0.25) is 0 Å². The summed E-state index contributed by atoms with van der Waals surface area (Å²) in [7, 11) is 7.52. The van der Waals surface area contributed by atoms with Gasteiger partial charge in [0, 0.05) is 57.5 Å². The highest BCUT2D eigenvalue weighted by molar-refractivity contribution is 5.79. The van der Waals surface area contributed by atoms with Gasteiger partial charge < -0.3 is 19.5 Å². The van der Waals surface area contributed by atoms with Gasteiger partial charge in [-0.05, 0) is 61.7 Å². The van der Waals surface area contributed by atoms with Crippen molar-refractivity contribution in [1.82, 2.24) is 24.6 Å². The number of rotatable bonds is 7. The molecule has 2 heterocycles. The smallest absolute Gasteiger partial charge is 0.193 e. The number of guanidine groups is 1. The van der Waals surface area contributed by atoms with Crippen molar-refractivity contribution >= 4 is 5.96 Å². The molecule has 7 nitrogen and oxygen atoms in total. The number of benzene rings is 1. The van der Waals surface area contributed by atoms with Crippen LogP contribution in [0.5, 0.6) is 5.75 Å². The summed E-state index contributed by atoms with van der Waals surface area (Å²) >= 11 is 0. The maximum atomic E-state index is 5.28. The molecule has 1 aromatic carbocycles. The number of nitrogens with zero attached hydrogens (tertiary/aromatic N) is 5. The molecule has 0 amide bonds. The molecule has 1 N–H and O–H groups in total. The Morgan fingerprint density at radius 1 is 1.23 bits per heavy atom. The second-order valence-electron chi connectivity index (χ2n) is 7.53. The zero-order valence-electron chi connectivity index (χ0n) is 18.8. The Labute approximate surface area is 179 Å². The lowest BCUT2D eigenvalue weighted by Gasteiger charge is -2.22. The second-order valence-corrected chi connectivity index (χ2v) is 7.53. The second kappa shape index (κ2) is 9.52. The summed E-state index contributed by atoms with van der Waals surface area (Å²) in [5.41, 5.74) is 6.07. The van der Waals surface area contributed by atoms with E-state index in [1.807, 2.05) is 43.3 Å². The van der Waals surface area contributed by atoms with Gasteiger partial charge in [-0.25, -0.2) is 0 Å². The Morgan fingerprint density at radius 3 is 2.57 bits per heavy atom. The van der Waals surface area contributed by atoms with E-state index in [4.69, 9.17) is 4.74 Å². The van der Waals surface area contributed by atoms with E-state index in [1.54, 1.807) is 7.11 Å². The van der Waals surface area contributed by atoms with Crippen LogP contribution in [-0.2, 0) is 20.0 Å². The van der Waals surface area contributed by atoms with Crippen LogP contribution in [0.4, 0.5) is 0 Å². The monoisotopic (exact) mass is 408 g/mol. The predicted octanol–water partition coefficient (Wildman–Crippen LogP) is 3.09. The van der Waals surface area contributed by atoms with E-state index in [0.29, 0.717) is 0 Å². The lowest BCUT2D eigenvalue weighted by atomic mass is 10.2. The van der Waals surface area contributed by atoms with Gasteiger partial charge in [-0.1, -0.05) is 0 Å². The summed E-state index contributed by atoms with van der Waals surface area (Å²) in [6, 6.07) is 10.4. The standard InChI is InChI=1S/C23H32N6O/c1-17-13-20(18(2)29(17)21-7-9-22(30-6)10-8-21)16-27(4)23(24-3)25-12-11-19-14-26-28(5)15-19/h7-10,13-15H,11-12,16H2,1-6H3,(H,24,25). The van der Waals surface area contributed by atoms with Crippen LogP contribution < -0.4 is 10.1 Å². The number of aromatic nitrogens is 3. The van der Waals surface area contributed by atoms with Gasteiger partial charge in [0.25, 0.3) is 0 Å². The topological polar surface area (TPSA) is 59.6 Å². The normalized spacial score (nSPS) is 11.6. The first-order chi connectivity index (χ1) is 14.4. The van der Waals surface area contributed by atoms with Gasteiger partial charge in [0.15, 0.2) is 5.96 Å². The zero-order chi connectivity index (χ0) is 21.7. The van der Waals surface area contributed by atoms with Crippen molar-refractivity contribution in [3.05, 3.63) is 65.2 Å². The van der Waals surface area contributed by atoms with Gasteiger partial charge in [-0.2, -0.15) is 5.10 Å². The zero-order valence-corrected chi connectivity index (χ0v) is 18.8. The Bertz CT molecular complexity index is 999.